The van der Waals surface area contributed by atoms with E-state index in [9.17, 15) is 9.59 Å². The number of anilines is 1. The van der Waals surface area contributed by atoms with Crippen LogP contribution in [0.1, 0.15) is 12.8 Å². The molecule has 0 bridgehead atoms. The van der Waals surface area contributed by atoms with Crippen molar-refractivity contribution in [3.8, 4) is 0 Å². The van der Waals surface area contributed by atoms with Crippen molar-refractivity contribution in [3.63, 3.8) is 0 Å². The maximum atomic E-state index is 11.8. The van der Waals surface area contributed by atoms with Crippen molar-refractivity contribution in [1.29, 1.82) is 0 Å². The van der Waals surface area contributed by atoms with E-state index in [2.05, 4.69) is 15.6 Å². The van der Waals surface area contributed by atoms with Crippen molar-refractivity contribution in [1.82, 2.24) is 15.0 Å². The fourth-order valence-electron chi connectivity index (χ4n) is 1.76. The highest BCUT2D eigenvalue weighted by molar-refractivity contribution is 5.91. The van der Waals surface area contributed by atoms with Crippen molar-refractivity contribution in [3.05, 3.63) is 6.20 Å². The third kappa shape index (κ3) is 3.27. The minimum absolute atomic E-state index is 0.0802. The molecular formula is C10H14N4O4. The molecule has 1 aromatic heterocycles. The molecule has 1 aliphatic rings. The first-order valence-corrected chi connectivity index (χ1v) is 5.65. The molecule has 2 rings (SSSR count). The standard InChI is InChI=1S/C10H14N4O4/c15-9(16)6-14-5-8(12-13-14)11-10(17)7-1-3-18-4-2-7/h5,7H,1-4,6H2,(H,11,17)(H,15,16). The molecule has 0 atom stereocenters. The topological polar surface area (TPSA) is 106 Å². The van der Waals surface area contributed by atoms with Crippen LogP contribution in [0.25, 0.3) is 0 Å². The first kappa shape index (κ1) is 12.5. The van der Waals surface area contributed by atoms with Crippen molar-refractivity contribution >= 4 is 17.7 Å². The second-order valence-corrected chi connectivity index (χ2v) is 4.07. The van der Waals surface area contributed by atoms with Crippen LogP contribution in [0.3, 0.4) is 0 Å². The zero-order valence-corrected chi connectivity index (χ0v) is 9.70. The number of aliphatic carboxylic acids is 1. The van der Waals surface area contributed by atoms with Crippen LogP contribution in [0, 0.1) is 5.92 Å². The lowest BCUT2D eigenvalue weighted by Crippen LogP contribution is -2.28. The van der Waals surface area contributed by atoms with Crippen LogP contribution in [0.15, 0.2) is 6.20 Å². The van der Waals surface area contributed by atoms with Crippen molar-refractivity contribution in [2.24, 2.45) is 5.92 Å². The number of hydrogen-bond donors (Lipinski definition) is 2. The molecule has 2 heterocycles. The summed E-state index contributed by atoms with van der Waals surface area (Å²) in [5.41, 5.74) is 0. The van der Waals surface area contributed by atoms with Gasteiger partial charge in [0.15, 0.2) is 5.82 Å². The molecule has 0 spiro atoms. The Morgan fingerprint density at radius 1 is 1.50 bits per heavy atom. The van der Waals surface area contributed by atoms with Crippen LogP contribution in [-0.4, -0.2) is 45.2 Å². The van der Waals surface area contributed by atoms with Gasteiger partial charge >= 0.3 is 5.97 Å². The number of ether oxygens (including phenoxy) is 1. The van der Waals surface area contributed by atoms with Gasteiger partial charge in [-0.15, -0.1) is 5.10 Å². The van der Waals surface area contributed by atoms with Crippen LogP contribution in [0.5, 0.6) is 0 Å². The van der Waals surface area contributed by atoms with Crippen LogP contribution < -0.4 is 5.32 Å². The Morgan fingerprint density at radius 2 is 2.22 bits per heavy atom. The number of carbonyl (C=O) groups excluding carboxylic acids is 1. The van der Waals surface area contributed by atoms with Gasteiger partial charge in [-0.05, 0) is 12.8 Å². The summed E-state index contributed by atoms with van der Waals surface area (Å²) >= 11 is 0. The minimum atomic E-state index is -1.01. The second-order valence-electron chi connectivity index (χ2n) is 4.07. The third-order valence-electron chi connectivity index (χ3n) is 2.68. The van der Waals surface area contributed by atoms with E-state index in [-0.39, 0.29) is 24.2 Å². The molecule has 0 aliphatic carbocycles. The number of aromatic nitrogens is 3. The van der Waals surface area contributed by atoms with Gasteiger partial charge in [-0.1, -0.05) is 5.21 Å². The maximum Gasteiger partial charge on any atom is 0.325 e. The number of hydrogen-bond acceptors (Lipinski definition) is 5. The number of carboxylic acid groups (broad SMARTS) is 1. The van der Waals surface area contributed by atoms with Gasteiger partial charge in [0, 0.05) is 19.1 Å². The molecule has 0 radical (unpaired) electrons. The van der Waals surface area contributed by atoms with E-state index < -0.39 is 5.97 Å². The minimum Gasteiger partial charge on any atom is -0.480 e. The number of carbonyl (C=O) groups is 2. The summed E-state index contributed by atoms with van der Waals surface area (Å²) in [5.74, 6) is -0.945. The van der Waals surface area contributed by atoms with E-state index >= 15 is 0 Å². The number of amides is 1. The largest absolute Gasteiger partial charge is 0.480 e. The molecule has 0 saturated carbocycles. The lowest BCUT2D eigenvalue weighted by molar-refractivity contribution is -0.137. The highest BCUT2D eigenvalue weighted by Gasteiger charge is 2.22. The molecule has 8 nitrogen and oxygen atoms in total. The SMILES string of the molecule is O=C(O)Cn1cc(NC(=O)C2CCOCC2)nn1. The van der Waals surface area contributed by atoms with Crippen LogP contribution >= 0.6 is 0 Å². The number of nitrogens with zero attached hydrogens (tertiary/aromatic N) is 3. The van der Waals surface area contributed by atoms with Crippen molar-refractivity contribution in [2.45, 2.75) is 19.4 Å². The Morgan fingerprint density at radius 3 is 2.89 bits per heavy atom. The van der Waals surface area contributed by atoms with Gasteiger partial charge < -0.3 is 15.2 Å². The van der Waals surface area contributed by atoms with Gasteiger partial charge in [-0.3, -0.25) is 9.59 Å². The Bertz CT molecular complexity index is 439. The zero-order valence-electron chi connectivity index (χ0n) is 9.70. The fraction of sp³-hybridized carbons (Fsp3) is 0.600. The molecule has 0 aromatic carbocycles. The quantitative estimate of drug-likeness (QED) is 0.765. The molecule has 1 amide bonds. The average molecular weight is 254 g/mol. The van der Waals surface area contributed by atoms with Crippen LogP contribution in [0.4, 0.5) is 5.82 Å². The zero-order chi connectivity index (χ0) is 13.0. The molecule has 18 heavy (non-hydrogen) atoms. The van der Waals surface area contributed by atoms with E-state index in [1.54, 1.807) is 0 Å². The normalized spacial score (nSPS) is 16.4. The summed E-state index contributed by atoms with van der Waals surface area (Å²) < 4.78 is 6.33. The highest BCUT2D eigenvalue weighted by atomic mass is 16.5. The Balaban J connectivity index is 1.90. The molecule has 1 fully saturated rings. The lowest BCUT2D eigenvalue weighted by Gasteiger charge is -2.20. The summed E-state index contributed by atoms with van der Waals surface area (Å²) in [6.45, 7) is 0.897. The van der Waals surface area contributed by atoms with Gasteiger partial charge in [0.2, 0.25) is 5.91 Å². The van der Waals surface area contributed by atoms with E-state index in [0.29, 0.717) is 26.1 Å². The van der Waals surface area contributed by atoms with Gasteiger partial charge in [-0.2, -0.15) is 0 Å². The van der Waals surface area contributed by atoms with Crippen LogP contribution in [0.2, 0.25) is 0 Å². The summed E-state index contributed by atoms with van der Waals surface area (Å²) in [6, 6.07) is 0. The predicted octanol–water partition coefficient (Wildman–Crippen LogP) is -0.272. The summed E-state index contributed by atoms with van der Waals surface area (Å²) in [5, 5.41) is 18.5. The molecule has 1 saturated heterocycles. The average Bonchev–Trinajstić information content (AvgIpc) is 2.76. The molecule has 1 aliphatic heterocycles. The van der Waals surface area contributed by atoms with E-state index in [1.165, 1.54) is 6.20 Å². The monoisotopic (exact) mass is 254 g/mol. The Labute approximate surface area is 103 Å². The molecule has 8 heteroatoms. The molecule has 1 aromatic rings. The van der Waals surface area contributed by atoms with E-state index in [1.807, 2.05) is 0 Å². The molecule has 2 N–H and O–H groups in total. The molecular weight excluding hydrogens is 240 g/mol. The predicted molar refractivity (Wildman–Crippen MR) is 59.8 cm³/mol. The third-order valence-corrected chi connectivity index (χ3v) is 2.68. The molecule has 98 valence electrons. The van der Waals surface area contributed by atoms with Crippen molar-refractivity contribution < 1.29 is 19.4 Å². The summed E-state index contributed by atoms with van der Waals surface area (Å²) in [4.78, 5) is 22.3. The first-order valence-electron chi connectivity index (χ1n) is 5.65. The second kappa shape index (κ2) is 5.58. The first-order chi connectivity index (χ1) is 8.65. The van der Waals surface area contributed by atoms with E-state index in [4.69, 9.17) is 9.84 Å². The van der Waals surface area contributed by atoms with Gasteiger partial charge in [0.25, 0.3) is 0 Å². The Hall–Kier alpha value is -1.96. The summed E-state index contributed by atoms with van der Waals surface area (Å²) in [7, 11) is 0. The van der Waals surface area contributed by atoms with Crippen LogP contribution in [-0.2, 0) is 20.9 Å². The fourth-order valence-corrected chi connectivity index (χ4v) is 1.76. The summed E-state index contributed by atoms with van der Waals surface area (Å²) in [6.07, 6.45) is 2.77. The Kier molecular flexibility index (Phi) is 3.88. The highest BCUT2D eigenvalue weighted by Crippen LogP contribution is 2.16. The lowest BCUT2D eigenvalue weighted by atomic mass is 10.00. The van der Waals surface area contributed by atoms with Crippen molar-refractivity contribution in [2.75, 3.05) is 18.5 Å². The molecule has 0 unspecified atom stereocenters. The van der Waals surface area contributed by atoms with Gasteiger partial charge in [0.1, 0.15) is 6.54 Å². The number of nitrogens with one attached hydrogen (secondary N) is 1. The van der Waals surface area contributed by atoms with Gasteiger partial charge in [-0.25, -0.2) is 4.68 Å². The smallest absolute Gasteiger partial charge is 0.325 e. The number of carboxylic acids is 1. The maximum absolute atomic E-state index is 11.8. The number of rotatable bonds is 4. The van der Waals surface area contributed by atoms with Gasteiger partial charge in [0.05, 0.1) is 6.20 Å². The van der Waals surface area contributed by atoms with E-state index in [0.717, 1.165) is 4.68 Å².